The first-order valence-electron chi connectivity index (χ1n) is 8.39. The van der Waals surface area contributed by atoms with Gasteiger partial charge in [0.05, 0.1) is 11.3 Å². The van der Waals surface area contributed by atoms with Crippen LogP contribution in [0.5, 0.6) is 0 Å². The molecule has 0 bridgehead atoms. The monoisotopic (exact) mass is 427 g/mol. The molecule has 28 heavy (non-hydrogen) atoms. The van der Waals surface area contributed by atoms with Crippen LogP contribution in [0, 0.1) is 0 Å². The van der Waals surface area contributed by atoms with E-state index in [0.717, 1.165) is 11.3 Å². The molecule has 2 aromatic rings. The molecule has 0 unspecified atom stereocenters. The van der Waals surface area contributed by atoms with Gasteiger partial charge >= 0.3 is 0 Å². The van der Waals surface area contributed by atoms with Crippen LogP contribution >= 0.6 is 11.3 Å². The summed E-state index contributed by atoms with van der Waals surface area (Å²) in [5, 5.41) is 12.5. The quantitative estimate of drug-likeness (QED) is 0.385. The maximum absolute atomic E-state index is 12.6. The van der Waals surface area contributed by atoms with Gasteiger partial charge in [0, 0.05) is 26.7 Å². The number of methoxy groups -OCH3 is 1. The first-order valence-corrected chi connectivity index (χ1v) is 10.7. The Balaban J connectivity index is 2.14. The molecule has 0 fully saturated rings. The van der Waals surface area contributed by atoms with Crippen molar-refractivity contribution in [2.45, 2.75) is 24.1 Å². The number of para-hydroxylation sites is 1. The van der Waals surface area contributed by atoms with E-state index in [9.17, 15) is 18.0 Å². The van der Waals surface area contributed by atoms with E-state index in [1.54, 1.807) is 26.2 Å². The number of carbonyl (C=O) groups excluding carboxylic acids is 2. The molecule has 1 aromatic heterocycles. The van der Waals surface area contributed by atoms with E-state index in [2.05, 4.69) is 25.6 Å². The minimum atomic E-state index is -4.08. The van der Waals surface area contributed by atoms with E-state index in [1.807, 2.05) is 0 Å². The van der Waals surface area contributed by atoms with Crippen LogP contribution in [0.15, 0.2) is 28.6 Å². The van der Waals surface area contributed by atoms with Crippen molar-refractivity contribution in [3.05, 3.63) is 29.8 Å². The standard InChI is InChI=1S/C16H21N5O5S2/c1-3-13(22)18-15-19-20-16(27-15)28(24,25)21-12-8-5-4-7-11(12)14(23)17-9-6-10-26-2/h4-5,7-8,21H,3,6,9-10H2,1-2H3,(H,17,23)(H,18,19,22). The summed E-state index contributed by atoms with van der Waals surface area (Å²) in [6, 6.07) is 6.22. The maximum Gasteiger partial charge on any atom is 0.291 e. The van der Waals surface area contributed by atoms with Gasteiger partial charge < -0.3 is 15.4 Å². The molecule has 0 atom stereocenters. The number of anilines is 2. The first kappa shape index (κ1) is 21.7. The van der Waals surface area contributed by atoms with E-state index >= 15 is 0 Å². The molecule has 0 radical (unpaired) electrons. The number of benzene rings is 1. The van der Waals surface area contributed by atoms with E-state index in [4.69, 9.17) is 4.74 Å². The number of nitrogens with zero attached hydrogens (tertiary/aromatic N) is 2. The summed E-state index contributed by atoms with van der Waals surface area (Å²) in [5.41, 5.74) is 0.286. The van der Waals surface area contributed by atoms with Crippen LogP contribution in [0.3, 0.4) is 0 Å². The van der Waals surface area contributed by atoms with Gasteiger partial charge in [-0.3, -0.25) is 14.3 Å². The lowest BCUT2D eigenvalue weighted by molar-refractivity contribution is -0.115. The molecule has 3 N–H and O–H groups in total. The number of hydrogen-bond acceptors (Lipinski definition) is 8. The maximum atomic E-state index is 12.6. The average Bonchev–Trinajstić information content (AvgIpc) is 3.14. The van der Waals surface area contributed by atoms with Crippen LogP contribution in [-0.2, 0) is 19.6 Å². The molecule has 0 saturated carbocycles. The molecule has 0 aliphatic rings. The van der Waals surface area contributed by atoms with Crippen LogP contribution in [0.4, 0.5) is 10.8 Å². The van der Waals surface area contributed by atoms with E-state index in [1.165, 1.54) is 12.1 Å². The predicted molar refractivity (Wildman–Crippen MR) is 105 cm³/mol. The molecular formula is C16H21N5O5S2. The molecule has 152 valence electrons. The van der Waals surface area contributed by atoms with Crippen molar-refractivity contribution in [2.24, 2.45) is 0 Å². The molecule has 0 aliphatic heterocycles. The number of sulfonamides is 1. The van der Waals surface area contributed by atoms with Crippen molar-refractivity contribution in [3.63, 3.8) is 0 Å². The van der Waals surface area contributed by atoms with Crippen molar-refractivity contribution in [1.82, 2.24) is 15.5 Å². The second-order valence-electron chi connectivity index (χ2n) is 5.53. The second kappa shape index (κ2) is 10.1. The smallest absolute Gasteiger partial charge is 0.291 e. The van der Waals surface area contributed by atoms with Crippen LogP contribution in [0.1, 0.15) is 30.1 Å². The SMILES string of the molecule is CCC(=O)Nc1nnc(S(=O)(=O)Nc2ccccc2C(=O)NCCCOC)s1. The molecule has 2 amide bonds. The number of rotatable bonds is 10. The van der Waals surface area contributed by atoms with Crippen molar-refractivity contribution in [2.75, 3.05) is 30.3 Å². The average molecular weight is 428 g/mol. The van der Waals surface area contributed by atoms with Gasteiger partial charge in [0.25, 0.3) is 20.3 Å². The third-order valence-electron chi connectivity index (χ3n) is 3.43. The number of carbonyl (C=O) groups is 2. The Morgan fingerprint density at radius 2 is 1.96 bits per heavy atom. The van der Waals surface area contributed by atoms with E-state index < -0.39 is 15.9 Å². The molecule has 0 saturated heterocycles. The summed E-state index contributed by atoms with van der Waals surface area (Å²) < 4.78 is 32.1. The molecular weight excluding hydrogens is 406 g/mol. The Labute approximate surface area is 166 Å². The van der Waals surface area contributed by atoms with Crippen LogP contribution in [0.25, 0.3) is 0 Å². The third-order valence-corrected chi connectivity index (χ3v) is 6.00. The normalized spacial score (nSPS) is 11.1. The minimum Gasteiger partial charge on any atom is -0.385 e. The highest BCUT2D eigenvalue weighted by Crippen LogP contribution is 2.24. The summed E-state index contributed by atoms with van der Waals surface area (Å²) in [4.78, 5) is 23.7. The molecule has 2 rings (SSSR count). The number of aromatic nitrogens is 2. The van der Waals surface area contributed by atoms with E-state index in [-0.39, 0.29) is 33.1 Å². The zero-order chi connectivity index (χ0) is 20.6. The van der Waals surface area contributed by atoms with Gasteiger partial charge in [-0.05, 0) is 18.6 Å². The second-order valence-corrected chi connectivity index (χ2v) is 8.36. The fourth-order valence-electron chi connectivity index (χ4n) is 2.05. The lowest BCUT2D eigenvalue weighted by Crippen LogP contribution is -2.26. The Morgan fingerprint density at radius 3 is 2.68 bits per heavy atom. The van der Waals surface area contributed by atoms with Crippen LogP contribution in [0.2, 0.25) is 0 Å². The highest BCUT2D eigenvalue weighted by molar-refractivity contribution is 7.94. The largest absolute Gasteiger partial charge is 0.385 e. The van der Waals surface area contributed by atoms with Gasteiger partial charge in [-0.1, -0.05) is 30.4 Å². The number of ether oxygens (including phenoxy) is 1. The fourth-order valence-corrected chi connectivity index (χ4v) is 4.05. The van der Waals surface area contributed by atoms with Crippen molar-refractivity contribution in [1.29, 1.82) is 0 Å². The van der Waals surface area contributed by atoms with Gasteiger partial charge in [0.2, 0.25) is 11.0 Å². The molecule has 0 aliphatic carbocycles. The van der Waals surface area contributed by atoms with Gasteiger partial charge in [0.1, 0.15) is 0 Å². The first-order chi connectivity index (χ1) is 13.4. The molecule has 1 aromatic carbocycles. The highest BCUT2D eigenvalue weighted by atomic mass is 32.2. The van der Waals surface area contributed by atoms with Crippen LogP contribution in [-0.4, -0.2) is 50.7 Å². The number of hydrogen-bond donors (Lipinski definition) is 3. The number of nitrogens with one attached hydrogen (secondary N) is 3. The van der Waals surface area contributed by atoms with Crippen LogP contribution < -0.4 is 15.4 Å². The third kappa shape index (κ3) is 5.97. The van der Waals surface area contributed by atoms with Gasteiger partial charge in [-0.15, -0.1) is 10.2 Å². The molecule has 10 nitrogen and oxygen atoms in total. The summed E-state index contributed by atoms with van der Waals surface area (Å²) in [7, 11) is -2.51. The van der Waals surface area contributed by atoms with Crippen molar-refractivity contribution < 1.29 is 22.7 Å². The van der Waals surface area contributed by atoms with Gasteiger partial charge in [-0.2, -0.15) is 8.42 Å². The Bertz CT molecular complexity index is 929. The van der Waals surface area contributed by atoms with Gasteiger partial charge in [-0.25, -0.2) is 0 Å². The lowest BCUT2D eigenvalue weighted by atomic mass is 10.1. The number of amides is 2. The van der Waals surface area contributed by atoms with Crippen molar-refractivity contribution in [3.8, 4) is 0 Å². The molecule has 0 spiro atoms. The predicted octanol–water partition coefficient (Wildman–Crippen LogP) is 1.45. The summed E-state index contributed by atoms with van der Waals surface area (Å²) in [6.45, 7) is 2.56. The van der Waals surface area contributed by atoms with Gasteiger partial charge in [0.15, 0.2) is 0 Å². The Morgan fingerprint density at radius 1 is 1.21 bits per heavy atom. The zero-order valence-electron chi connectivity index (χ0n) is 15.4. The zero-order valence-corrected chi connectivity index (χ0v) is 17.0. The lowest BCUT2D eigenvalue weighted by Gasteiger charge is -2.11. The fraction of sp³-hybridized carbons (Fsp3) is 0.375. The topological polar surface area (TPSA) is 139 Å². The summed E-state index contributed by atoms with van der Waals surface area (Å²) in [6.07, 6.45) is 0.861. The Hall–Kier alpha value is -2.57. The molecule has 12 heteroatoms. The summed E-state index contributed by atoms with van der Waals surface area (Å²) in [5.74, 6) is -0.717. The Kier molecular flexibility index (Phi) is 7.84. The minimum absolute atomic E-state index is 0.0800. The summed E-state index contributed by atoms with van der Waals surface area (Å²) >= 11 is 0.717. The highest BCUT2D eigenvalue weighted by Gasteiger charge is 2.23. The van der Waals surface area contributed by atoms with E-state index in [0.29, 0.717) is 19.6 Å². The molecule has 1 heterocycles. The van der Waals surface area contributed by atoms with Crippen molar-refractivity contribution >= 4 is 44.0 Å².